The third kappa shape index (κ3) is 49.6. The summed E-state index contributed by atoms with van der Waals surface area (Å²) in [6, 6.07) is 0. The molecule has 0 aromatic heterocycles. The van der Waals surface area contributed by atoms with Gasteiger partial charge in [0.1, 0.15) is 13.2 Å². The first-order valence-electron chi connectivity index (χ1n) is 26.6. The lowest BCUT2D eigenvalue weighted by Gasteiger charge is -2.18. The van der Waals surface area contributed by atoms with Crippen LogP contribution in [0.1, 0.15) is 245 Å². The van der Waals surface area contributed by atoms with E-state index in [9.17, 15) is 14.4 Å². The third-order valence-electron chi connectivity index (χ3n) is 11.2. The van der Waals surface area contributed by atoms with Gasteiger partial charge in [-0.3, -0.25) is 14.4 Å². The molecule has 64 heavy (non-hydrogen) atoms. The number of carbonyl (C=O) groups is 3. The fourth-order valence-corrected chi connectivity index (χ4v) is 7.24. The van der Waals surface area contributed by atoms with Crippen molar-refractivity contribution in [3.8, 4) is 0 Å². The third-order valence-corrected chi connectivity index (χ3v) is 11.2. The van der Waals surface area contributed by atoms with Gasteiger partial charge in [-0.15, -0.1) is 0 Å². The molecule has 0 aliphatic carbocycles. The first-order valence-corrected chi connectivity index (χ1v) is 26.6. The minimum Gasteiger partial charge on any atom is -0.462 e. The van der Waals surface area contributed by atoms with Crippen LogP contribution in [0.5, 0.6) is 0 Å². The van der Waals surface area contributed by atoms with Crippen molar-refractivity contribution in [3.05, 3.63) is 85.1 Å². The van der Waals surface area contributed by atoms with Crippen molar-refractivity contribution in [1.29, 1.82) is 0 Å². The summed E-state index contributed by atoms with van der Waals surface area (Å²) in [6.07, 6.45) is 67.4. The Balaban J connectivity index is 4.40. The predicted molar refractivity (Wildman–Crippen MR) is 274 cm³/mol. The van der Waals surface area contributed by atoms with E-state index in [-0.39, 0.29) is 31.6 Å². The van der Waals surface area contributed by atoms with E-state index in [1.165, 1.54) is 109 Å². The smallest absolute Gasteiger partial charge is 0.306 e. The van der Waals surface area contributed by atoms with Crippen molar-refractivity contribution in [2.75, 3.05) is 13.2 Å². The van der Waals surface area contributed by atoms with Gasteiger partial charge < -0.3 is 14.2 Å². The van der Waals surface area contributed by atoms with E-state index in [4.69, 9.17) is 14.2 Å². The Morgan fingerprint density at radius 1 is 0.328 bits per heavy atom. The van der Waals surface area contributed by atoms with E-state index in [1.54, 1.807) is 0 Å². The highest BCUT2D eigenvalue weighted by molar-refractivity contribution is 5.71. The van der Waals surface area contributed by atoms with Gasteiger partial charge in [-0.2, -0.15) is 0 Å². The zero-order valence-electron chi connectivity index (χ0n) is 41.8. The Bertz CT molecular complexity index is 1250. The lowest BCUT2D eigenvalue weighted by molar-refractivity contribution is -0.166. The first kappa shape index (κ1) is 60.6. The molecular weight excluding hydrogens is 793 g/mol. The van der Waals surface area contributed by atoms with Gasteiger partial charge in [-0.25, -0.2) is 0 Å². The fraction of sp³-hybridized carbons (Fsp3) is 0.707. The molecule has 0 saturated heterocycles. The second kappa shape index (κ2) is 52.2. The maximum absolute atomic E-state index is 12.7. The molecular formula is C58H98O6. The molecule has 0 amide bonds. The number of hydrogen-bond acceptors (Lipinski definition) is 6. The number of rotatable bonds is 47. The standard InChI is InChI=1S/C58H98O6/c1-4-7-10-13-16-19-22-25-26-27-28-29-30-31-34-36-39-42-45-48-51-57(60)63-54-55(64-58(61)52-49-46-43-40-37-33-24-21-18-15-12-9-6-3)53-62-56(59)50-47-44-41-38-35-32-23-20-17-14-11-8-5-2/h8-9,11-12,17-18,20-21,32-33,35,37,43,46,55H,4-7,10,13-16,19,22-31,34,36,38-42,44-45,47-54H2,1-3H3/b11-8-,12-9-,20-17-,21-18-,35-32-,37-33-,46-43-. The summed E-state index contributed by atoms with van der Waals surface area (Å²) in [5, 5.41) is 0. The highest BCUT2D eigenvalue weighted by Crippen LogP contribution is 2.16. The SMILES string of the molecule is CC/C=C\C/C=C\C/C=C\C/C=C\CCC(=O)OC(COC(=O)CCCCC/C=C\C/C=C\C/C=C\CC)COC(=O)CCCCCCCCCCCCCCCCCCCCCC. The molecule has 6 heteroatoms. The first-order chi connectivity index (χ1) is 31.5. The predicted octanol–water partition coefficient (Wildman–Crippen LogP) is 17.6. The number of carbonyl (C=O) groups excluding carboxylic acids is 3. The van der Waals surface area contributed by atoms with Gasteiger partial charge in [0.05, 0.1) is 0 Å². The maximum atomic E-state index is 12.7. The molecule has 0 saturated carbocycles. The van der Waals surface area contributed by atoms with Crippen LogP contribution in [0.3, 0.4) is 0 Å². The Kier molecular flexibility index (Phi) is 49.4. The molecule has 366 valence electrons. The highest BCUT2D eigenvalue weighted by Gasteiger charge is 2.19. The van der Waals surface area contributed by atoms with E-state index < -0.39 is 12.1 Å². The molecule has 6 nitrogen and oxygen atoms in total. The van der Waals surface area contributed by atoms with Crippen molar-refractivity contribution in [2.45, 2.75) is 252 Å². The van der Waals surface area contributed by atoms with Crippen LogP contribution >= 0.6 is 0 Å². The summed E-state index contributed by atoms with van der Waals surface area (Å²) in [5.41, 5.74) is 0. The normalized spacial score (nSPS) is 12.7. The summed E-state index contributed by atoms with van der Waals surface area (Å²) in [6.45, 7) is 6.33. The van der Waals surface area contributed by atoms with E-state index >= 15 is 0 Å². The summed E-state index contributed by atoms with van der Waals surface area (Å²) in [5.74, 6) is -1.02. The van der Waals surface area contributed by atoms with E-state index in [1.807, 2.05) is 12.2 Å². The van der Waals surface area contributed by atoms with Crippen LogP contribution < -0.4 is 0 Å². The van der Waals surface area contributed by atoms with Crippen LogP contribution in [0.4, 0.5) is 0 Å². The van der Waals surface area contributed by atoms with Gasteiger partial charge >= 0.3 is 17.9 Å². The quantitative estimate of drug-likeness (QED) is 0.0262. The summed E-state index contributed by atoms with van der Waals surface area (Å²) >= 11 is 0. The number of esters is 3. The summed E-state index contributed by atoms with van der Waals surface area (Å²) in [4.78, 5) is 37.9. The molecule has 1 atom stereocenters. The average Bonchev–Trinajstić information content (AvgIpc) is 3.29. The molecule has 0 aromatic carbocycles. The molecule has 0 fully saturated rings. The zero-order valence-corrected chi connectivity index (χ0v) is 41.8. The Morgan fingerprint density at radius 2 is 0.641 bits per heavy atom. The molecule has 1 unspecified atom stereocenters. The Morgan fingerprint density at radius 3 is 1.02 bits per heavy atom. The van der Waals surface area contributed by atoms with Crippen LogP contribution in [0.2, 0.25) is 0 Å². The van der Waals surface area contributed by atoms with E-state index in [0.717, 1.165) is 89.9 Å². The second-order valence-electron chi connectivity index (χ2n) is 17.4. The van der Waals surface area contributed by atoms with Crippen molar-refractivity contribution in [2.24, 2.45) is 0 Å². The van der Waals surface area contributed by atoms with Gasteiger partial charge in [-0.1, -0.05) is 234 Å². The molecule has 0 bridgehead atoms. The average molecular weight is 891 g/mol. The molecule has 0 aliphatic heterocycles. The van der Waals surface area contributed by atoms with Crippen LogP contribution in [-0.4, -0.2) is 37.2 Å². The van der Waals surface area contributed by atoms with Gasteiger partial charge in [0.2, 0.25) is 0 Å². The van der Waals surface area contributed by atoms with Gasteiger partial charge in [0.15, 0.2) is 6.10 Å². The lowest BCUT2D eigenvalue weighted by atomic mass is 10.0. The van der Waals surface area contributed by atoms with Gasteiger partial charge in [0, 0.05) is 19.3 Å². The number of unbranched alkanes of at least 4 members (excludes halogenated alkanes) is 22. The molecule has 0 aliphatic rings. The Hall–Kier alpha value is -3.41. The lowest BCUT2D eigenvalue weighted by Crippen LogP contribution is -2.30. The number of hydrogen-bond donors (Lipinski definition) is 0. The van der Waals surface area contributed by atoms with Gasteiger partial charge in [-0.05, 0) is 77.0 Å². The van der Waals surface area contributed by atoms with Crippen molar-refractivity contribution < 1.29 is 28.6 Å². The molecule has 0 spiro atoms. The largest absolute Gasteiger partial charge is 0.462 e. The zero-order chi connectivity index (χ0) is 46.5. The number of allylic oxidation sites excluding steroid dienone is 14. The molecule has 0 rings (SSSR count). The number of ether oxygens (including phenoxy) is 3. The van der Waals surface area contributed by atoms with Crippen LogP contribution in [0.25, 0.3) is 0 Å². The highest BCUT2D eigenvalue weighted by atomic mass is 16.6. The maximum Gasteiger partial charge on any atom is 0.306 e. The molecule has 0 aromatic rings. The van der Waals surface area contributed by atoms with E-state index in [0.29, 0.717) is 19.3 Å². The van der Waals surface area contributed by atoms with Crippen molar-refractivity contribution >= 4 is 17.9 Å². The molecule has 0 heterocycles. The minimum atomic E-state index is -0.824. The molecule has 0 N–H and O–H groups in total. The van der Waals surface area contributed by atoms with Crippen molar-refractivity contribution in [1.82, 2.24) is 0 Å². The van der Waals surface area contributed by atoms with E-state index in [2.05, 4.69) is 93.7 Å². The van der Waals surface area contributed by atoms with Crippen LogP contribution in [-0.2, 0) is 28.6 Å². The van der Waals surface area contributed by atoms with Crippen LogP contribution in [0.15, 0.2) is 85.1 Å². The van der Waals surface area contributed by atoms with Crippen molar-refractivity contribution in [3.63, 3.8) is 0 Å². The van der Waals surface area contributed by atoms with Crippen LogP contribution in [0, 0.1) is 0 Å². The second-order valence-corrected chi connectivity index (χ2v) is 17.4. The molecule has 0 radical (unpaired) electrons. The minimum absolute atomic E-state index is 0.113. The Labute approximate surface area is 395 Å². The summed E-state index contributed by atoms with van der Waals surface area (Å²) < 4.78 is 16.7. The van der Waals surface area contributed by atoms with Gasteiger partial charge in [0.25, 0.3) is 0 Å². The fourth-order valence-electron chi connectivity index (χ4n) is 7.24. The summed E-state index contributed by atoms with van der Waals surface area (Å²) in [7, 11) is 0. The topological polar surface area (TPSA) is 78.9 Å². The monoisotopic (exact) mass is 891 g/mol.